The van der Waals surface area contributed by atoms with Crippen LogP contribution in [0.1, 0.15) is 26.7 Å². The molecule has 0 saturated carbocycles. The highest BCUT2D eigenvalue weighted by Gasteiger charge is 2.49. The molecule has 10 heteroatoms. The highest BCUT2D eigenvalue weighted by atomic mass is 35.5. The normalized spacial score (nSPS) is 45.1. The number of fused-ring (bicyclic) bond motifs is 1. The molecule has 168 valence electrons. The van der Waals surface area contributed by atoms with Gasteiger partial charge in [0.05, 0.1) is 17.5 Å². The van der Waals surface area contributed by atoms with Gasteiger partial charge in [0.2, 0.25) is 5.91 Å². The summed E-state index contributed by atoms with van der Waals surface area (Å²) in [6.45, 7) is 5.25. The molecule has 3 heterocycles. The van der Waals surface area contributed by atoms with Crippen LogP contribution in [-0.2, 0) is 14.3 Å². The van der Waals surface area contributed by atoms with Gasteiger partial charge in [-0.25, -0.2) is 0 Å². The summed E-state index contributed by atoms with van der Waals surface area (Å²) in [4.78, 5) is 13.1. The lowest BCUT2D eigenvalue weighted by Gasteiger charge is -2.44. The van der Waals surface area contributed by atoms with E-state index < -0.39 is 47.3 Å². The van der Waals surface area contributed by atoms with Gasteiger partial charge in [-0.1, -0.05) is 6.92 Å². The van der Waals surface area contributed by atoms with Crippen molar-refractivity contribution in [3.05, 3.63) is 0 Å². The van der Waals surface area contributed by atoms with Crippen LogP contribution in [0.5, 0.6) is 0 Å². The number of hydrogen-bond donors (Lipinski definition) is 5. The second kappa shape index (κ2) is 9.99. The van der Waals surface area contributed by atoms with Crippen molar-refractivity contribution < 1.29 is 29.6 Å². The van der Waals surface area contributed by atoms with Gasteiger partial charge in [-0.2, -0.15) is 0 Å². The molecular weight excluding hydrogens is 420 g/mol. The number of thioether (sulfide) groups is 1. The van der Waals surface area contributed by atoms with Gasteiger partial charge in [0.25, 0.3) is 0 Å². The molecule has 11 atom stereocenters. The molecule has 0 aromatic rings. The van der Waals surface area contributed by atoms with Gasteiger partial charge >= 0.3 is 0 Å². The maximum atomic E-state index is 13.1. The lowest BCUT2D eigenvalue weighted by molar-refractivity contribution is -0.205. The van der Waals surface area contributed by atoms with E-state index in [0.717, 1.165) is 19.4 Å². The van der Waals surface area contributed by atoms with E-state index in [0.29, 0.717) is 12.5 Å². The first-order valence-electron chi connectivity index (χ1n) is 10.3. The molecule has 3 fully saturated rings. The second-order valence-electron chi connectivity index (χ2n) is 8.50. The van der Waals surface area contributed by atoms with Crippen LogP contribution in [0.3, 0.4) is 0 Å². The number of amides is 1. The van der Waals surface area contributed by atoms with Crippen LogP contribution >= 0.6 is 23.4 Å². The number of carbonyl (C=O) groups is 1. The Bertz CT molecular complexity index is 571. The molecule has 3 rings (SSSR count). The number of alkyl halides is 1. The molecule has 0 radical (unpaired) electrons. The molecule has 0 aromatic heterocycles. The molecule has 3 saturated heterocycles. The highest BCUT2D eigenvalue weighted by Crippen LogP contribution is 2.32. The maximum absolute atomic E-state index is 13.1. The van der Waals surface area contributed by atoms with Crippen molar-refractivity contribution in [3.63, 3.8) is 0 Å². The maximum Gasteiger partial charge on any atom is 0.240 e. The van der Waals surface area contributed by atoms with E-state index >= 15 is 0 Å². The number of nitrogens with one attached hydrogen (secondary N) is 2. The minimum Gasteiger partial charge on any atom is -0.388 e. The zero-order valence-electron chi connectivity index (χ0n) is 17.0. The van der Waals surface area contributed by atoms with Crippen molar-refractivity contribution in [2.45, 2.75) is 80.1 Å². The molecule has 8 nitrogen and oxygen atoms in total. The minimum absolute atomic E-state index is 0.199. The zero-order chi connectivity index (χ0) is 21.3. The van der Waals surface area contributed by atoms with Gasteiger partial charge in [0.15, 0.2) is 0 Å². The Morgan fingerprint density at radius 2 is 2.00 bits per heavy atom. The van der Waals surface area contributed by atoms with Gasteiger partial charge in [0, 0.05) is 13.2 Å². The fourth-order valence-electron chi connectivity index (χ4n) is 4.59. The number of hydrogen-bond acceptors (Lipinski definition) is 8. The molecule has 0 aliphatic carbocycles. The summed E-state index contributed by atoms with van der Waals surface area (Å²) in [7, 11) is 0. The van der Waals surface area contributed by atoms with Crippen LogP contribution in [-0.4, -0.2) is 94.1 Å². The Labute approximate surface area is 181 Å². The number of rotatable bonds is 5. The Kier molecular flexibility index (Phi) is 8.11. The molecule has 0 aromatic carbocycles. The topological polar surface area (TPSA) is 120 Å². The average Bonchev–Trinajstić information content (AvgIpc) is 2.97. The van der Waals surface area contributed by atoms with E-state index in [1.165, 1.54) is 11.8 Å². The first kappa shape index (κ1) is 23.5. The number of halogens is 1. The largest absolute Gasteiger partial charge is 0.388 e. The van der Waals surface area contributed by atoms with Gasteiger partial charge < -0.3 is 35.4 Å². The van der Waals surface area contributed by atoms with Crippen LogP contribution in [0.4, 0.5) is 0 Å². The monoisotopic (exact) mass is 452 g/mol. The fourth-order valence-corrected chi connectivity index (χ4v) is 5.48. The third-order valence-electron chi connectivity index (χ3n) is 6.30. The molecule has 3 aliphatic rings. The molecule has 1 amide bonds. The minimum atomic E-state index is -1.39. The Morgan fingerprint density at radius 1 is 1.28 bits per heavy atom. The standard InChI is InChI=1S/C19H33ClN2O6S/c1-8-4-5-27-16-10(6-8)7-21-12(16)18(26)22-11(9(2)20)17-14(24)13(23)15(25)19(28-17)29-3/h8-17,19,21,23-25H,4-7H2,1-3H3,(H,22,26)/t8-,9+,10+,11-,12+,13?,14?,15-,16-,17-,19?/m1/s1. The smallest absolute Gasteiger partial charge is 0.240 e. The molecular formula is C19H33ClN2O6S. The summed E-state index contributed by atoms with van der Waals surface area (Å²) in [6.07, 6.45) is -1.40. The van der Waals surface area contributed by atoms with Crippen LogP contribution in [0, 0.1) is 11.8 Å². The van der Waals surface area contributed by atoms with Crippen molar-refractivity contribution in [2.75, 3.05) is 19.4 Å². The zero-order valence-corrected chi connectivity index (χ0v) is 18.6. The third-order valence-corrected chi connectivity index (χ3v) is 7.42. The van der Waals surface area contributed by atoms with E-state index in [-0.39, 0.29) is 17.9 Å². The predicted octanol–water partition coefficient (Wildman–Crippen LogP) is -0.328. The van der Waals surface area contributed by atoms with E-state index in [4.69, 9.17) is 21.1 Å². The summed E-state index contributed by atoms with van der Waals surface area (Å²) < 4.78 is 11.8. The number of carbonyl (C=O) groups excluding carboxylic acids is 1. The van der Waals surface area contributed by atoms with Gasteiger partial charge in [-0.3, -0.25) is 4.79 Å². The van der Waals surface area contributed by atoms with Crippen LogP contribution in [0.2, 0.25) is 0 Å². The Balaban J connectivity index is 1.71. The first-order valence-corrected chi connectivity index (χ1v) is 12.0. The quantitative estimate of drug-likeness (QED) is 0.360. The van der Waals surface area contributed by atoms with E-state index in [1.54, 1.807) is 13.2 Å². The van der Waals surface area contributed by atoms with E-state index in [9.17, 15) is 20.1 Å². The summed E-state index contributed by atoms with van der Waals surface area (Å²) in [5.74, 6) is 0.581. The van der Waals surface area contributed by atoms with Crippen molar-refractivity contribution in [1.29, 1.82) is 0 Å². The Hall–Kier alpha value is -0.130. The second-order valence-corrected chi connectivity index (χ2v) is 10.1. The third kappa shape index (κ3) is 5.03. The summed E-state index contributed by atoms with van der Waals surface area (Å²) >= 11 is 7.56. The summed E-state index contributed by atoms with van der Waals surface area (Å²) in [6, 6.07) is -1.25. The first-order chi connectivity index (χ1) is 13.7. The van der Waals surface area contributed by atoms with E-state index in [2.05, 4.69) is 17.6 Å². The van der Waals surface area contributed by atoms with E-state index in [1.807, 2.05) is 0 Å². The molecule has 0 bridgehead atoms. The van der Waals surface area contributed by atoms with Gasteiger partial charge in [-0.05, 0) is 37.9 Å². The lowest BCUT2D eigenvalue weighted by atomic mass is 9.90. The number of ether oxygens (including phenoxy) is 2. The average molecular weight is 453 g/mol. The van der Waals surface area contributed by atoms with Crippen LogP contribution < -0.4 is 10.6 Å². The van der Waals surface area contributed by atoms with Crippen molar-refractivity contribution in [3.8, 4) is 0 Å². The van der Waals surface area contributed by atoms with Crippen molar-refractivity contribution in [1.82, 2.24) is 10.6 Å². The summed E-state index contributed by atoms with van der Waals surface area (Å²) in [5.41, 5.74) is -0.728. The fraction of sp³-hybridized carbons (Fsp3) is 0.947. The van der Waals surface area contributed by atoms with Crippen molar-refractivity contribution in [2.24, 2.45) is 11.8 Å². The summed E-state index contributed by atoms with van der Waals surface area (Å²) in [5, 5.41) is 36.4. The van der Waals surface area contributed by atoms with Gasteiger partial charge in [0.1, 0.15) is 35.9 Å². The Morgan fingerprint density at radius 3 is 2.66 bits per heavy atom. The number of aliphatic hydroxyl groups excluding tert-OH is 3. The highest BCUT2D eigenvalue weighted by molar-refractivity contribution is 7.99. The molecule has 5 N–H and O–H groups in total. The SMILES string of the molecule is CSC1O[C@H]([C@H](NC(=O)[C@H]2NC[C@@H]3C[C@H](C)CCO[C@H]32)[C@H](C)Cl)C(O)C(O)[C@H]1O. The number of aliphatic hydroxyl groups is 3. The molecule has 0 spiro atoms. The predicted molar refractivity (Wildman–Crippen MR) is 111 cm³/mol. The van der Waals surface area contributed by atoms with Crippen LogP contribution in [0.15, 0.2) is 0 Å². The van der Waals surface area contributed by atoms with Gasteiger partial charge in [-0.15, -0.1) is 23.4 Å². The molecule has 29 heavy (non-hydrogen) atoms. The van der Waals surface area contributed by atoms with Crippen LogP contribution in [0.25, 0.3) is 0 Å². The van der Waals surface area contributed by atoms with Crippen molar-refractivity contribution >= 4 is 29.3 Å². The molecule has 3 aliphatic heterocycles. The molecule has 3 unspecified atom stereocenters. The lowest BCUT2D eigenvalue weighted by Crippen LogP contribution is -2.65.